The summed E-state index contributed by atoms with van der Waals surface area (Å²) in [6.45, 7) is 9.71. The Balaban J connectivity index is 2.09. The van der Waals surface area contributed by atoms with Gasteiger partial charge in [0.2, 0.25) is 0 Å². The molecule has 1 saturated heterocycles. The maximum atomic E-state index is 12.8. The Kier molecular flexibility index (Phi) is 4.15. The Hall–Kier alpha value is -0.370. The van der Waals surface area contributed by atoms with Gasteiger partial charge in [0.05, 0.1) is 0 Å². The fourth-order valence-electron chi connectivity index (χ4n) is 3.85. The highest BCUT2D eigenvalue weighted by atomic mass is 16.1. The monoisotopic (exact) mass is 251 g/mol. The first-order chi connectivity index (χ1) is 8.44. The zero-order valence-corrected chi connectivity index (χ0v) is 12.4. The highest BCUT2D eigenvalue weighted by Gasteiger charge is 2.46. The van der Waals surface area contributed by atoms with Crippen LogP contribution in [0.1, 0.15) is 65.7 Å². The lowest BCUT2D eigenvalue weighted by Crippen LogP contribution is -2.47. The van der Waals surface area contributed by atoms with Crippen LogP contribution in [0.15, 0.2) is 0 Å². The summed E-state index contributed by atoms with van der Waals surface area (Å²) in [5, 5.41) is 0. The molecule has 2 rings (SSSR count). The number of hydrogen-bond acceptors (Lipinski definition) is 2. The summed E-state index contributed by atoms with van der Waals surface area (Å²) in [6, 6.07) is 0. The quantitative estimate of drug-likeness (QED) is 0.763. The van der Waals surface area contributed by atoms with E-state index in [0.717, 1.165) is 19.4 Å². The molecular weight excluding hydrogens is 222 g/mol. The standard InChI is InChI=1S/C16H29NO/c1-15(2,3)14(18)16(9-5-6-10-16)13-17-11-7-4-8-12-17/h4-13H2,1-3H3. The van der Waals surface area contributed by atoms with Gasteiger partial charge in [-0.15, -0.1) is 0 Å². The van der Waals surface area contributed by atoms with E-state index >= 15 is 0 Å². The van der Waals surface area contributed by atoms with Crippen molar-refractivity contribution >= 4 is 5.78 Å². The third kappa shape index (κ3) is 2.96. The number of carbonyl (C=O) groups is 1. The van der Waals surface area contributed by atoms with E-state index in [1.807, 2.05) is 0 Å². The molecular formula is C16H29NO. The Morgan fingerprint density at radius 2 is 1.56 bits per heavy atom. The summed E-state index contributed by atoms with van der Waals surface area (Å²) in [5.74, 6) is 0.512. The largest absolute Gasteiger partial charge is 0.302 e. The summed E-state index contributed by atoms with van der Waals surface area (Å²) < 4.78 is 0. The lowest BCUT2D eigenvalue weighted by atomic mass is 9.70. The molecule has 1 saturated carbocycles. The third-order valence-corrected chi connectivity index (χ3v) is 4.70. The number of Topliss-reactive ketones (excluding diaryl/α,β-unsaturated/α-hetero) is 1. The molecule has 2 aliphatic rings. The molecule has 2 heteroatoms. The molecule has 2 fully saturated rings. The van der Waals surface area contributed by atoms with E-state index in [-0.39, 0.29) is 10.8 Å². The highest BCUT2D eigenvalue weighted by molar-refractivity contribution is 5.89. The van der Waals surface area contributed by atoms with Crippen molar-refractivity contribution in [3.05, 3.63) is 0 Å². The number of nitrogens with zero attached hydrogens (tertiary/aromatic N) is 1. The summed E-state index contributed by atoms with van der Waals surface area (Å²) in [5.41, 5.74) is -0.199. The van der Waals surface area contributed by atoms with E-state index in [1.165, 1.54) is 45.2 Å². The second-order valence-electron chi connectivity index (χ2n) is 7.40. The number of likely N-dealkylation sites (tertiary alicyclic amines) is 1. The summed E-state index contributed by atoms with van der Waals surface area (Å²) >= 11 is 0. The average molecular weight is 251 g/mol. The molecule has 1 aliphatic heterocycles. The predicted molar refractivity (Wildman–Crippen MR) is 75.7 cm³/mol. The Morgan fingerprint density at radius 1 is 1.00 bits per heavy atom. The molecule has 0 aromatic heterocycles. The smallest absolute Gasteiger partial charge is 0.145 e. The summed E-state index contributed by atoms with van der Waals surface area (Å²) in [4.78, 5) is 15.4. The van der Waals surface area contributed by atoms with Crippen molar-refractivity contribution in [2.45, 2.75) is 65.7 Å². The number of hydrogen-bond donors (Lipinski definition) is 0. The van der Waals surface area contributed by atoms with Crippen molar-refractivity contribution in [3.8, 4) is 0 Å². The lowest BCUT2D eigenvalue weighted by molar-refractivity contribution is -0.138. The van der Waals surface area contributed by atoms with Gasteiger partial charge in [-0.2, -0.15) is 0 Å². The maximum Gasteiger partial charge on any atom is 0.145 e. The first-order valence-corrected chi connectivity index (χ1v) is 7.71. The van der Waals surface area contributed by atoms with E-state index in [0.29, 0.717) is 5.78 Å². The molecule has 104 valence electrons. The lowest BCUT2D eigenvalue weighted by Gasteiger charge is -2.39. The van der Waals surface area contributed by atoms with Crippen molar-refractivity contribution in [1.29, 1.82) is 0 Å². The molecule has 0 aromatic carbocycles. The second-order valence-corrected chi connectivity index (χ2v) is 7.40. The van der Waals surface area contributed by atoms with Gasteiger partial charge in [-0.05, 0) is 38.8 Å². The molecule has 1 heterocycles. The van der Waals surface area contributed by atoms with Crippen LogP contribution < -0.4 is 0 Å². The molecule has 0 atom stereocenters. The third-order valence-electron chi connectivity index (χ3n) is 4.70. The SMILES string of the molecule is CC(C)(C)C(=O)C1(CN2CCCCC2)CCCC1. The van der Waals surface area contributed by atoms with Crippen LogP contribution in [-0.2, 0) is 4.79 Å². The van der Waals surface area contributed by atoms with E-state index in [1.54, 1.807) is 0 Å². The van der Waals surface area contributed by atoms with E-state index in [2.05, 4.69) is 25.7 Å². The topological polar surface area (TPSA) is 20.3 Å². The minimum absolute atomic E-state index is 0.0183. The van der Waals surface area contributed by atoms with E-state index < -0.39 is 0 Å². The summed E-state index contributed by atoms with van der Waals surface area (Å²) in [7, 11) is 0. The molecule has 0 N–H and O–H groups in total. The normalized spacial score (nSPS) is 25.3. The van der Waals surface area contributed by atoms with Gasteiger partial charge < -0.3 is 4.90 Å². The average Bonchev–Trinajstić information content (AvgIpc) is 2.78. The van der Waals surface area contributed by atoms with Crippen LogP contribution in [0.5, 0.6) is 0 Å². The van der Waals surface area contributed by atoms with Gasteiger partial charge >= 0.3 is 0 Å². The van der Waals surface area contributed by atoms with Crippen molar-refractivity contribution in [2.24, 2.45) is 10.8 Å². The molecule has 0 amide bonds. The maximum absolute atomic E-state index is 12.8. The number of rotatable bonds is 3. The minimum atomic E-state index is -0.180. The van der Waals surface area contributed by atoms with Gasteiger partial charge in [-0.1, -0.05) is 40.0 Å². The van der Waals surface area contributed by atoms with Crippen LogP contribution in [0.25, 0.3) is 0 Å². The number of carbonyl (C=O) groups excluding carboxylic acids is 1. The molecule has 2 nitrogen and oxygen atoms in total. The van der Waals surface area contributed by atoms with Gasteiger partial charge in [0.25, 0.3) is 0 Å². The molecule has 0 aromatic rings. The van der Waals surface area contributed by atoms with Crippen LogP contribution in [0, 0.1) is 10.8 Å². The first kappa shape index (κ1) is 14.0. The van der Waals surface area contributed by atoms with Crippen LogP contribution >= 0.6 is 0 Å². The van der Waals surface area contributed by atoms with Crippen LogP contribution in [-0.4, -0.2) is 30.3 Å². The predicted octanol–water partition coefficient (Wildman–Crippen LogP) is 3.65. The van der Waals surface area contributed by atoms with Crippen LogP contribution in [0.4, 0.5) is 0 Å². The highest BCUT2D eigenvalue weighted by Crippen LogP contribution is 2.44. The van der Waals surface area contributed by atoms with Gasteiger partial charge in [0.15, 0.2) is 0 Å². The van der Waals surface area contributed by atoms with E-state index in [9.17, 15) is 4.79 Å². The fourth-order valence-corrected chi connectivity index (χ4v) is 3.85. The van der Waals surface area contributed by atoms with Gasteiger partial charge in [-0.25, -0.2) is 0 Å². The van der Waals surface area contributed by atoms with Crippen molar-refractivity contribution in [2.75, 3.05) is 19.6 Å². The van der Waals surface area contributed by atoms with Crippen LogP contribution in [0.3, 0.4) is 0 Å². The van der Waals surface area contributed by atoms with Gasteiger partial charge in [0.1, 0.15) is 5.78 Å². The van der Waals surface area contributed by atoms with Crippen molar-refractivity contribution in [1.82, 2.24) is 4.90 Å². The molecule has 18 heavy (non-hydrogen) atoms. The second kappa shape index (κ2) is 5.32. The zero-order valence-electron chi connectivity index (χ0n) is 12.4. The molecule has 0 bridgehead atoms. The van der Waals surface area contributed by atoms with Crippen molar-refractivity contribution in [3.63, 3.8) is 0 Å². The zero-order chi connectivity index (χ0) is 13.2. The summed E-state index contributed by atoms with van der Waals surface area (Å²) in [6.07, 6.45) is 8.75. The Morgan fingerprint density at radius 3 is 2.06 bits per heavy atom. The first-order valence-electron chi connectivity index (χ1n) is 7.71. The number of piperidine rings is 1. The van der Waals surface area contributed by atoms with E-state index in [4.69, 9.17) is 0 Å². The van der Waals surface area contributed by atoms with Gasteiger partial charge in [-0.3, -0.25) is 4.79 Å². The molecule has 0 spiro atoms. The molecule has 1 aliphatic carbocycles. The van der Waals surface area contributed by atoms with Gasteiger partial charge in [0, 0.05) is 17.4 Å². The fraction of sp³-hybridized carbons (Fsp3) is 0.938. The Labute approximate surface area is 112 Å². The number of ketones is 1. The van der Waals surface area contributed by atoms with Crippen molar-refractivity contribution < 1.29 is 4.79 Å². The van der Waals surface area contributed by atoms with Crippen LogP contribution in [0.2, 0.25) is 0 Å². The molecule has 0 unspecified atom stereocenters. The Bertz CT molecular complexity index is 291. The molecule has 0 radical (unpaired) electrons. The minimum Gasteiger partial charge on any atom is -0.302 e.